The van der Waals surface area contributed by atoms with Crippen LogP contribution in [0.1, 0.15) is 48.7 Å². The number of nitrogens with zero attached hydrogens (tertiary/aromatic N) is 1. The maximum atomic E-state index is 12.6. The number of hydrogen-bond donors (Lipinski definition) is 0. The van der Waals surface area contributed by atoms with E-state index in [0.29, 0.717) is 18.4 Å². The molecule has 0 aliphatic carbocycles. The van der Waals surface area contributed by atoms with Crippen molar-refractivity contribution in [3.63, 3.8) is 0 Å². The number of rotatable bonds is 4. The quantitative estimate of drug-likeness (QED) is 0.775. The second-order valence-corrected chi connectivity index (χ2v) is 4.10. The highest BCUT2D eigenvalue weighted by atomic mass is 19.4. The fourth-order valence-electron chi connectivity index (χ4n) is 1.71. The maximum absolute atomic E-state index is 12.6. The van der Waals surface area contributed by atoms with Gasteiger partial charge in [0.2, 0.25) is 0 Å². The number of carbonyl (C=O) groups excluding carboxylic acids is 1. The van der Waals surface area contributed by atoms with Crippen molar-refractivity contribution in [1.82, 2.24) is 5.06 Å². The molecule has 1 aromatic rings. The smallest absolute Gasteiger partial charge is 0.274 e. The largest absolute Gasteiger partial charge is 0.416 e. The summed E-state index contributed by atoms with van der Waals surface area (Å²) in [6.07, 6.45) is -3.35. The number of alkyl halides is 3. The molecule has 1 aromatic carbocycles. The van der Waals surface area contributed by atoms with Gasteiger partial charge in [0.1, 0.15) is 0 Å². The summed E-state index contributed by atoms with van der Waals surface area (Å²) in [6, 6.07) is 3.14. The third-order valence-electron chi connectivity index (χ3n) is 2.74. The van der Waals surface area contributed by atoms with E-state index in [4.69, 9.17) is 4.84 Å². The Bertz CT molecular complexity index is 459. The zero-order valence-corrected chi connectivity index (χ0v) is 13.0. The Kier molecular flexibility index (Phi) is 8.02. The summed E-state index contributed by atoms with van der Waals surface area (Å²) in [6.45, 7) is 5.84. The number of hydroxylamine groups is 2. The topological polar surface area (TPSA) is 29.5 Å². The van der Waals surface area contributed by atoms with Gasteiger partial charge in [0.05, 0.1) is 12.7 Å². The lowest BCUT2D eigenvalue weighted by Crippen LogP contribution is -2.26. The van der Waals surface area contributed by atoms with Crippen molar-refractivity contribution in [3.05, 3.63) is 34.9 Å². The Hall–Kier alpha value is -1.56. The van der Waals surface area contributed by atoms with Crippen molar-refractivity contribution in [2.45, 2.75) is 39.8 Å². The number of carbonyl (C=O) groups is 1. The van der Waals surface area contributed by atoms with Gasteiger partial charge in [0, 0.05) is 12.6 Å². The van der Waals surface area contributed by atoms with Gasteiger partial charge >= 0.3 is 6.18 Å². The van der Waals surface area contributed by atoms with Gasteiger partial charge < -0.3 is 0 Å². The first-order valence-electron chi connectivity index (χ1n) is 6.83. The molecular formula is C15H22F3NO2. The van der Waals surface area contributed by atoms with Gasteiger partial charge in [0.15, 0.2) is 0 Å². The van der Waals surface area contributed by atoms with Gasteiger partial charge in [0.25, 0.3) is 5.91 Å². The molecule has 21 heavy (non-hydrogen) atoms. The number of aryl methyl sites for hydroxylation is 1. The normalized spacial score (nSPS) is 10.7. The molecule has 0 radical (unpaired) electrons. The van der Waals surface area contributed by atoms with Crippen LogP contribution < -0.4 is 0 Å². The fraction of sp³-hybridized carbons (Fsp3) is 0.533. The second kappa shape index (κ2) is 8.67. The predicted octanol–water partition coefficient (Wildman–Crippen LogP) is 4.32. The van der Waals surface area contributed by atoms with E-state index in [2.05, 4.69) is 0 Å². The molecule has 1 rings (SSSR count). The summed E-state index contributed by atoms with van der Waals surface area (Å²) in [5.74, 6) is -0.459. The number of halogens is 3. The van der Waals surface area contributed by atoms with Crippen LogP contribution in [0.4, 0.5) is 13.2 Å². The molecule has 0 spiro atoms. The molecule has 1 amide bonds. The molecule has 0 atom stereocenters. The van der Waals surface area contributed by atoms with Gasteiger partial charge in [-0.05, 0) is 30.2 Å². The molecular weight excluding hydrogens is 283 g/mol. The van der Waals surface area contributed by atoms with Crippen LogP contribution in [0.3, 0.4) is 0 Å². The Morgan fingerprint density at radius 3 is 2.29 bits per heavy atom. The van der Waals surface area contributed by atoms with Crippen LogP contribution in [-0.2, 0) is 17.4 Å². The van der Waals surface area contributed by atoms with E-state index < -0.39 is 17.6 Å². The summed E-state index contributed by atoms with van der Waals surface area (Å²) in [7, 11) is 2.73. The lowest BCUT2D eigenvalue weighted by molar-refractivity contribution is -0.137. The molecule has 0 saturated heterocycles. The van der Waals surface area contributed by atoms with E-state index in [9.17, 15) is 18.0 Å². The highest BCUT2D eigenvalue weighted by Gasteiger charge is 2.31. The summed E-state index contributed by atoms with van der Waals surface area (Å²) in [5.41, 5.74) is -0.127. The van der Waals surface area contributed by atoms with E-state index >= 15 is 0 Å². The van der Waals surface area contributed by atoms with Crippen LogP contribution in [0.15, 0.2) is 18.2 Å². The van der Waals surface area contributed by atoms with Crippen molar-refractivity contribution in [1.29, 1.82) is 0 Å². The standard InChI is InChI=1S/C13H16F3NO2.C2H6/c1-4-5-9-8-10(13(14,15)16)6-7-11(9)12(18)17(2)19-3;1-2/h6-8H,4-5H2,1-3H3;1-2H3. The first kappa shape index (κ1) is 19.4. The van der Waals surface area contributed by atoms with E-state index in [1.165, 1.54) is 20.2 Å². The molecule has 0 aromatic heterocycles. The zero-order chi connectivity index (χ0) is 16.6. The summed E-state index contributed by atoms with van der Waals surface area (Å²) < 4.78 is 37.9. The van der Waals surface area contributed by atoms with E-state index in [1.807, 2.05) is 20.8 Å². The summed E-state index contributed by atoms with van der Waals surface area (Å²) >= 11 is 0. The molecule has 3 nitrogen and oxygen atoms in total. The first-order valence-corrected chi connectivity index (χ1v) is 6.83. The zero-order valence-electron chi connectivity index (χ0n) is 13.0. The number of hydrogen-bond acceptors (Lipinski definition) is 2. The maximum Gasteiger partial charge on any atom is 0.416 e. The molecule has 0 saturated carbocycles. The fourth-order valence-corrected chi connectivity index (χ4v) is 1.71. The average molecular weight is 305 g/mol. The molecule has 0 N–H and O–H groups in total. The Morgan fingerprint density at radius 1 is 1.29 bits per heavy atom. The lowest BCUT2D eigenvalue weighted by Gasteiger charge is -2.17. The molecule has 0 aliphatic rings. The highest BCUT2D eigenvalue weighted by Crippen LogP contribution is 2.31. The van der Waals surface area contributed by atoms with E-state index in [0.717, 1.165) is 17.2 Å². The number of benzene rings is 1. The Labute approximate surface area is 123 Å². The average Bonchev–Trinajstić information content (AvgIpc) is 2.47. The highest BCUT2D eigenvalue weighted by molar-refractivity contribution is 5.95. The first-order chi connectivity index (χ1) is 9.81. The molecule has 120 valence electrons. The summed E-state index contributed by atoms with van der Waals surface area (Å²) in [4.78, 5) is 16.7. The molecule has 0 aliphatic heterocycles. The monoisotopic (exact) mass is 305 g/mol. The van der Waals surface area contributed by atoms with E-state index in [1.54, 1.807) is 0 Å². The third-order valence-corrected chi connectivity index (χ3v) is 2.74. The number of amides is 1. The van der Waals surface area contributed by atoms with Crippen LogP contribution in [0, 0.1) is 0 Å². The van der Waals surface area contributed by atoms with Gasteiger partial charge in [-0.1, -0.05) is 27.2 Å². The lowest BCUT2D eigenvalue weighted by atomic mass is 9.99. The molecule has 0 fully saturated rings. The third kappa shape index (κ3) is 5.38. The molecule has 0 unspecified atom stereocenters. The van der Waals surface area contributed by atoms with Crippen LogP contribution >= 0.6 is 0 Å². The molecule has 0 bridgehead atoms. The van der Waals surface area contributed by atoms with Crippen molar-refractivity contribution >= 4 is 5.91 Å². The van der Waals surface area contributed by atoms with Crippen molar-refractivity contribution in [3.8, 4) is 0 Å². The second-order valence-electron chi connectivity index (χ2n) is 4.10. The van der Waals surface area contributed by atoms with Gasteiger partial charge in [-0.15, -0.1) is 0 Å². The SMILES string of the molecule is CC.CCCc1cc(C(F)(F)F)ccc1C(=O)N(C)OC. The van der Waals surface area contributed by atoms with Crippen LogP contribution in [0.5, 0.6) is 0 Å². The minimum atomic E-state index is -4.41. The van der Waals surface area contributed by atoms with Crippen molar-refractivity contribution in [2.75, 3.05) is 14.2 Å². The van der Waals surface area contributed by atoms with Gasteiger partial charge in [-0.25, -0.2) is 5.06 Å². The van der Waals surface area contributed by atoms with Crippen LogP contribution in [0.25, 0.3) is 0 Å². The minimum absolute atomic E-state index is 0.235. The van der Waals surface area contributed by atoms with Gasteiger partial charge in [-0.3, -0.25) is 9.63 Å². The van der Waals surface area contributed by atoms with Crippen molar-refractivity contribution in [2.24, 2.45) is 0 Å². The predicted molar refractivity (Wildman–Crippen MR) is 75.9 cm³/mol. The minimum Gasteiger partial charge on any atom is -0.274 e. The molecule has 0 heterocycles. The Balaban J connectivity index is 0.00000191. The summed E-state index contributed by atoms with van der Waals surface area (Å²) in [5, 5.41) is 0.988. The molecule has 6 heteroatoms. The van der Waals surface area contributed by atoms with E-state index in [-0.39, 0.29) is 5.56 Å². The van der Waals surface area contributed by atoms with Crippen LogP contribution in [-0.4, -0.2) is 25.1 Å². The van der Waals surface area contributed by atoms with Crippen LogP contribution in [0.2, 0.25) is 0 Å². The van der Waals surface area contributed by atoms with Crippen molar-refractivity contribution < 1.29 is 22.8 Å². The Morgan fingerprint density at radius 2 is 1.86 bits per heavy atom. The van der Waals surface area contributed by atoms with Gasteiger partial charge in [-0.2, -0.15) is 13.2 Å².